The van der Waals surface area contributed by atoms with Crippen LogP contribution in [0.1, 0.15) is 19.0 Å². The van der Waals surface area contributed by atoms with E-state index in [1.165, 1.54) is 12.4 Å². The molecule has 5 rings (SSSR count). The lowest BCUT2D eigenvalue weighted by molar-refractivity contribution is 0.254. The first-order chi connectivity index (χ1) is 15.1. The number of hydrogen-bond acceptors (Lipinski definition) is 7. The monoisotopic (exact) mass is 417 g/mol. The lowest BCUT2D eigenvalue weighted by atomic mass is 10.1. The SMILES string of the molecule is CCOc1cncc(NC(=O)N2c3nc(-c4ccnc(C)c4)ccc3N3CCC2C3)n1. The fraction of sp³-hybridized carbons (Fsp3) is 0.318. The van der Waals surface area contributed by atoms with Gasteiger partial charge in [0, 0.05) is 30.5 Å². The van der Waals surface area contributed by atoms with Crippen molar-refractivity contribution in [2.45, 2.75) is 26.3 Å². The van der Waals surface area contributed by atoms with Crippen molar-refractivity contribution in [3.63, 3.8) is 0 Å². The number of rotatable bonds is 4. The molecule has 158 valence electrons. The van der Waals surface area contributed by atoms with Gasteiger partial charge in [-0.25, -0.2) is 9.78 Å². The molecule has 1 fully saturated rings. The smallest absolute Gasteiger partial charge is 0.329 e. The average molecular weight is 417 g/mol. The molecule has 2 aliphatic rings. The summed E-state index contributed by atoms with van der Waals surface area (Å²) in [7, 11) is 0. The summed E-state index contributed by atoms with van der Waals surface area (Å²) < 4.78 is 5.39. The Morgan fingerprint density at radius 2 is 2.16 bits per heavy atom. The molecule has 1 saturated heterocycles. The fourth-order valence-corrected chi connectivity index (χ4v) is 4.13. The highest BCUT2D eigenvalue weighted by atomic mass is 16.5. The number of anilines is 3. The Bertz CT molecular complexity index is 1140. The minimum Gasteiger partial charge on any atom is -0.477 e. The van der Waals surface area contributed by atoms with Crippen molar-refractivity contribution >= 4 is 23.4 Å². The Kier molecular flexibility index (Phi) is 4.85. The normalized spacial score (nSPS) is 16.8. The number of aromatic nitrogens is 4. The number of pyridine rings is 2. The first-order valence-electron chi connectivity index (χ1n) is 10.4. The van der Waals surface area contributed by atoms with E-state index in [9.17, 15) is 4.79 Å². The largest absolute Gasteiger partial charge is 0.477 e. The molecule has 3 aromatic heterocycles. The number of nitrogens with one attached hydrogen (secondary N) is 1. The number of fused-ring (bicyclic) bond motifs is 4. The van der Waals surface area contributed by atoms with E-state index >= 15 is 0 Å². The molecule has 2 bridgehead atoms. The van der Waals surface area contributed by atoms with Crippen LogP contribution in [-0.2, 0) is 0 Å². The van der Waals surface area contributed by atoms with Gasteiger partial charge in [0.2, 0.25) is 5.88 Å². The van der Waals surface area contributed by atoms with Crippen LogP contribution in [0.15, 0.2) is 42.9 Å². The molecule has 5 heterocycles. The first-order valence-corrected chi connectivity index (χ1v) is 10.4. The molecule has 2 aliphatic heterocycles. The predicted molar refractivity (Wildman–Crippen MR) is 118 cm³/mol. The Morgan fingerprint density at radius 1 is 1.26 bits per heavy atom. The summed E-state index contributed by atoms with van der Waals surface area (Å²) >= 11 is 0. The van der Waals surface area contributed by atoms with Crippen LogP contribution in [-0.4, -0.2) is 51.7 Å². The van der Waals surface area contributed by atoms with Crippen molar-refractivity contribution in [3.8, 4) is 17.1 Å². The van der Waals surface area contributed by atoms with Gasteiger partial charge in [0.25, 0.3) is 0 Å². The van der Waals surface area contributed by atoms with E-state index in [0.717, 1.165) is 42.1 Å². The molecule has 9 nitrogen and oxygen atoms in total. The van der Waals surface area contributed by atoms with Crippen LogP contribution in [0.25, 0.3) is 11.3 Å². The number of urea groups is 1. The lowest BCUT2D eigenvalue weighted by Gasteiger charge is -2.35. The van der Waals surface area contributed by atoms with Gasteiger partial charge < -0.3 is 9.64 Å². The number of aryl methyl sites for hydroxylation is 1. The molecule has 0 radical (unpaired) electrons. The molecule has 0 aromatic carbocycles. The van der Waals surface area contributed by atoms with E-state index in [-0.39, 0.29) is 12.1 Å². The molecule has 2 amide bonds. The van der Waals surface area contributed by atoms with Crippen molar-refractivity contribution in [1.29, 1.82) is 0 Å². The summed E-state index contributed by atoms with van der Waals surface area (Å²) in [6.07, 6.45) is 5.69. The van der Waals surface area contributed by atoms with Crippen LogP contribution in [0.4, 0.5) is 22.1 Å². The van der Waals surface area contributed by atoms with Gasteiger partial charge in [-0.2, -0.15) is 4.98 Å². The minimum absolute atomic E-state index is 0.0532. The third-order valence-electron chi connectivity index (χ3n) is 5.50. The fourth-order valence-electron chi connectivity index (χ4n) is 4.13. The number of ether oxygens (including phenoxy) is 1. The standard InChI is InChI=1S/C22H23N7O2/c1-3-31-20-12-23-11-19(26-20)27-22(30)29-16-7-9-28(13-16)18-5-4-17(25-21(18)29)15-6-8-24-14(2)10-15/h4-6,8,10-12,16H,3,7,9,13H2,1-2H3,(H,26,27,30). The third-order valence-corrected chi connectivity index (χ3v) is 5.50. The molecule has 31 heavy (non-hydrogen) atoms. The molecule has 1 unspecified atom stereocenters. The molecule has 3 aromatic rings. The molecule has 0 spiro atoms. The number of nitrogens with zero attached hydrogens (tertiary/aromatic N) is 6. The summed E-state index contributed by atoms with van der Waals surface area (Å²) in [6.45, 7) is 5.99. The molecular weight excluding hydrogens is 394 g/mol. The van der Waals surface area contributed by atoms with Crippen LogP contribution < -0.4 is 19.9 Å². The first kappa shape index (κ1) is 19.2. The lowest BCUT2D eigenvalue weighted by Crippen LogP contribution is -2.48. The number of carbonyl (C=O) groups is 1. The van der Waals surface area contributed by atoms with E-state index < -0.39 is 0 Å². The zero-order chi connectivity index (χ0) is 21.4. The Labute approximate surface area is 180 Å². The maximum atomic E-state index is 13.3. The summed E-state index contributed by atoms with van der Waals surface area (Å²) in [6, 6.07) is 7.75. The Hall–Kier alpha value is -3.75. The van der Waals surface area contributed by atoms with Gasteiger partial charge in [0.05, 0.1) is 36.4 Å². The van der Waals surface area contributed by atoms with Gasteiger partial charge in [0.15, 0.2) is 11.6 Å². The van der Waals surface area contributed by atoms with E-state index in [2.05, 4.69) is 25.2 Å². The molecular formula is C22H23N7O2. The van der Waals surface area contributed by atoms with Gasteiger partial charge in [-0.05, 0) is 44.5 Å². The maximum absolute atomic E-state index is 13.3. The van der Waals surface area contributed by atoms with Crippen molar-refractivity contribution in [3.05, 3.63) is 48.5 Å². The molecule has 1 N–H and O–H groups in total. The Balaban J connectivity index is 1.49. The maximum Gasteiger partial charge on any atom is 0.329 e. The van der Waals surface area contributed by atoms with E-state index in [1.54, 1.807) is 11.1 Å². The number of amides is 2. The summed E-state index contributed by atoms with van der Waals surface area (Å²) in [5, 5.41) is 2.87. The number of carbonyl (C=O) groups excluding carboxylic acids is 1. The summed E-state index contributed by atoms with van der Waals surface area (Å²) in [5.74, 6) is 1.38. The second-order valence-electron chi connectivity index (χ2n) is 7.59. The van der Waals surface area contributed by atoms with Gasteiger partial charge in [0.1, 0.15) is 0 Å². The summed E-state index contributed by atoms with van der Waals surface area (Å²) in [4.78, 5) is 34.9. The summed E-state index contributed by atoms with van der Waals surface area (Å²) in [5.41, 5.74) is 3.66. The highest BCUT2D eigenvalue weighted by Gasteiger charge is 2.40. The number of hydrogen-bond donors (Lipinski definition) is 1. The van der Waals surface area contributed by atoms with Gasteiger partial charge >= 0.3 is 6.03 Å². The third kappa shape index (κ3) is 3.63. The minimum atomic E-state index is -0.272. The zero-order valence-corrected chi connectivity index (χ0v) is 17.4. The van der Waals surface area contributed by atoms with Crippen molar-refractivity contribution < 1.29 is 9.53 Å². The van der Waals surface area contributed by atoms with E-state index in [4.69, 9.17) is 9.72 Å². The van der Waals surface area contributed by atoms with Crippen LogP contribution in [0, 0.1) is 6.92 Å². The predicted octanol–water partition coefficient (Wildman–Crippen LogP) is 3.27. The van der Waals surface area contributed by atoms with Crippen LogP contribution >= 0.6 is 0 Å². The van der Waals surface area contributed by atoms with Crippen LogP contribution in [0.5, 0.6) is 5.88 Å². The van der Waals surface area contributed by atoms with Crippen LogP contribution in [0.3, 0.4) is 0 Å². The van der Waals surface area contributed by atoms with Crippen LogP contribution in [0.2, 0.25) is 0 Å². The average Bonchev–Trinajstić information content (AvgIpc) is 3.18. The van der Waals surface area contributed by atoms with Crippen molar-refractivity contribution in [1.82, 2.24) is 19.9 Å². The molecule has 0 aliphatic carbocycles. The van der Waals surface area contributed by atoms with E-state index in [1.807, 2.05) is 38.1 Å². The quantitative estimate of drug-likeness (QED) is 0.696. The van der Waals surface area contributed by atoms with Gasteiger partial charge in [-0.15, -0.1) is 0 Å². The second kappa shape index (κ2) is 7.82. The topological polar surface area (TPSA) is 96.4 Å². The Morgan fingerprint density at radius 3 is 3.00 bits per heavy atom. The van der Waals surface area contributed by atoms with Gasteiger partial charge in [-0.1, -0.05) is 0 Å². The molecule has 1 atom stereocenters. The highest BCUT2D eigenvalue weighted by molar-refractivity contribution is 6.04. The van der Waals surface area contributed by atoms with Gasteiger partial charge in [-0.3, -0.25) is 20.2 Å². The molecule has 0 saturated carbocycles. The van der Waals surface area contributed by atoms with Crippen molar-refractivity contribution in [2.24, 2.45) is 0 Å². The highest BCUT2D eigenvalue weighted by Crippen LogP contribution is 2.40. The van der Waals surface area contributed by atoms with Crippen molar-refractivity contribution in [2.75, 3.05) is 34.8 Å². The zero-order valence-electron chi connectivity index (χ0n) is 17.4. The second-order valence-corrected chi connectivity index (χ2v) is 7.59. The van der Waals surface area contributed by atoms with E-state index in [0.29, 0.717) is 24.1 Å². The molecule has 9 heteroatoms.